The van der Waals surface area contributed by atoms with Crippen LogP contribution in [0, 0.1) is 0 Å². The topological polar surface area (TPSA) is 77.4 Å². The molecule has 1 aromatic heterocycles. The Morgan fingerprint density at radius 3 is 2.65 bits per heavy atom. The van der Waals surface area contributed by atoms with Crippen LogP contribution in [0.4, 0.5) is 24.7 Å². The zero-order chi connectivity index (χ0) is 21.6. The monoisotopic (exact) mass is 430 g/mol. The molecule has 3 aromatic rings. The van der Waals surface area contributed by atoms with Gasteiger partial charge in [0.05, 0.1) is 6.04 Å². The highest BCUT2D eigenvalue weighted by Gasteiger charge is 2.46. The first-order valence-electron chi connectivity index (χ1n) is 9.57. The van der Waals surface area contributed by atoms with E-state index in [2.05, 4.69) is 15.7 Å². The average Bonchev–Trinajstić information content (AvgIpc) is 3.39. The van der Waals surface area contributed by atoms with Crippen molar-refractivity contribution in [1.29, 1.82) is 0 Å². The molecule has 2 atom stereocenters. The number of anilines is 2. The highest BCUT2D eigenvalue weighted by molar-refractivity contribution is 6.03. The quantitative estimate of drug-likeness (QED) is 0.639. The van der Waals surface area contributed by atoms with E-state index in [4.69, 9.17) is 9.47 Å². The van der Waals surface area contributed by atoms with Crippen LogP contribution in [0.25, 0.3) is 0 Å². The second kappa shape index (κ2) is 7.22. The molecule has 2 aliphatic heterocycles. The van der Waals surface area contributed by atoms with Gasteiger partial charge in [-0.2, -0.15) is 18.3 Å². The lowest BCUT2D eigenvalue weighted by Gasteiger charge is -2.33. The molecule has 31 heavy (non-hydrogen) atoms. The van der Waals surface area contributed by atoms with Gasteiger partial charge < -0.3 is 20.1 Å². The fourth-order valence-electron chi connectivity index (χ4n) is 3.76. The van der Waals surface area contributed by atoms with Crippen molar-refractivity contribution in [1.82, 2.24) is 9.78 Å². The van der Waals surface area contributed by atoms with Crippen LogP contribution in [0.3, 0.4) is 0 Å². The predicted molar refractivity (Wildman–Crippen MR) is 105 cm³/mol. The largest absolute Gasteiger partial charge is 0.454 e. The number of carbonyl (C=O) groups excluding carboxylic acids is 1. The summed E-state index contributed by atoms with van der Waals surface area (Å²) in [6.07, 6.45) is -4.74. The van der Waals surface area contributed by atoms with Gasteiger partial charge in [-0.3, -0.25) is 4.79 Å². The molecular weight excluding hydrogens is 413 g/mol. The molecule has 1 amide bonds. The third kappa shape index (κ3) is 3.65. The number of nitrogens with one attached hydrogen (secondary N) is 2. The van der Waals surface area contributed by atoms with Crippen molar-refractivity contribution in [3.63, 3.8) is 0 Å². The summed E-state index contributed by atoms with van der Waals surface area (Å²) in [5.41, 5.74) is 1.03. The molecule has 0 saturated heterocycles. The zero-order valence-electron chi connectivity index (χ0n) is 16.0. The lowest BCUT2D eigenvalue weighted by atomic mass is 9.97. The van der Waals surface area contributed by atoms with Crippen molar-refractivity contribution < 1.29 is 27.4 Å². The summed E-state index contributed by atoms with van der Waals surface area (Å²) < 4.78 is 52.7. The van der Waals surface area contributed by atoms with E-state index in [1.807, 2.05) is 0 Å². The van der Waals surface area contributed by atoms with Crippen LogP contribution in [-0.2, 0) is 0 Å². The number of amides is 1. The van der Waals surface area contributed by atoms with Gasteiger partial charge in [-0.1, -0.05) is 30.3 Å². The third-order valence-electron chi connectivity index (χ3n) is 5.25. The summed E-state index contributed by atoms with van der Waals surface area (Å²) in [6, 6.07) is 12.7. The van der Waals surface area contributed by atoms with Crippen molar-refractivity contribution in [2.24, 2.45) is 0 Å². The minimum atomic E-state index is -4.51. The molecule has 0 saturated carbocycles. The molecule has 0 radical (unpaired) electrons. The lowest BCUT2D eigenvalue weighted by molar-refractivity contribution is -0.173. The first kappa shape index (κ1) is 19.3. The Bertz CT molecular complexity index is 1130. The van der Waals surface area contributed by atoms with Crippen molar-refractivity contribution in [3.8, 4) is 11.5 Å². The molecule has 2 N–H and O–H groups in total. The molecule has 10 heteroatoms. The number of benzene rings is 2. The molecule has 5 rings (SSSR count). The standard InChI is InChI=1S/C21H17F3N4O3/c22-21(23,24)18-9-14(12-4-2-1-3-5-12)26-19-10-15(27-28(18)19)20(29)25-13-6-7-16-17(8-13)31-11-30-16/h1-8,10,14,18,26H,9,11H2,(H,25,29)/t14-,18-/m0/s1. The van der Waals surface area contributed by atoms with Crippen LogP contribution < -0.4 is 20.1 Å². The number of fused-ring (bicyclic) bond motifs is 2. The number of aromatic nitrogens is 2. The summed E-state index contributed by atoms with van der Waals surface area (Å²) in [5.74, 6) is 0.545. The number of halogens is 3. The van der Waals surface area contributed by atoms with Crippen LogP contribution in [0.15, 0.2) is 54.6 Å². The van der Waals surface area contributed by atoms with Crippen molar-refractivity contribution in [2.75, 3.05) is 17.4 Å². The van der Waals surface area contributed by atoms with Crippen LogP contribution in [0.5, 0.6) is 11.5 Å². The maximum atomic E-state index is 13.8. The second-order valence-electron chi connectivity index (χ2n) is 7.28. The third-order valence-corrected chi connectivity index (χ3v) is 5.25. The van der Waals surface area contributed by atoms with E-state index in [0.717, 1.165) is 10.2 Å². The van der Waals surface area contributed by atoms with E-state index < -0.39 is 24.2 Å². The van der Waals surface area contributed by atoms with Crippen LogP contribution in [0.2, 0.25) is 0 Å². The SMILES string of the molecule is O=C(Nc1ccc2c(c1)OCO2)c1cc2n(n1)[C@H](C(F)(F)F)C[C@@H](c1ccccc1)N2. The number of alkyl halides is 3. The Morgan fingerprint density at radius 1 is 1.10 bits per heavy atom. The Labute approximate surface area is 174 Å². The van der Waals surface area contributed by atoms with Crippen molar-refractivity contribution in [3.05, 3.63) is 65.9 Å². The van der Waals surface area contributed by atoms with E-state index >= 15 is 0 Å². The number of carbonyl (C=O) groups is 1. The Balaban J connectivity index is 1.42. The van der Waals surface area contributed by atoms with Crippen LogP contribution in [0.1, 0.15) is 34.6 Å². The molecule has 0 unspecified atom stereocenters. The van der Waals surface area contributed by atoms with Gasteiger partial charge in [0, 0.05) is 24.2 Å². The highest BCUT2D eigenvalue weighted by Crippen LogP contribution is 2.43. The number of rotatable bonds is 3. The minimum Gasteiger partial charge on any atom is -0.454 e. The van der Waals surface area contributed by atoms with Gasteiger partial charge in [-0.25, -0.2) is 4.68 Å². The Hall–Kier alpha value is -3.69. The first-order valence-corrected chi connectivity index (χ1v) is 9.57. The van der Waals surface area contributed by atoms with E-state index in [1.54, 1.807) is 48.5 Å². The number of nitrogens with zero attached hydrogens (tertiary/aromatic N) is 2. The van der Waals surface area contributed by atoms with Gasteiger partial charge >= 0.3 is 6.18 Å². The fourth-order valence-corrected chi connectivity index (χ4v) is 3.76. The van der Waals surface area contributed by atoms with Crippen molar-refractivity contribution >= 4 is 17.4 Å². The molecule has 3 heterocycles. The van der Waals surface area contributed by atoms with Gasteiger partial charge in [0.1, 0.15) is 5.82 Å². The molecule has 0 aliphatic carbocycles. The zero-order valence-corrected chi connectivity index (χ0v) is 16.0. The molecule has 2 aliphatic rings. The molecule has 0 bridgehead atoms. The van der Waals surface area contributed by atoms with E-state index in [9.17, 15) is 18.0 Å². The fraction of sp³-hybridized carbons (Fsp3) is 0.238. The van der Waals surface area contributed by atoms with Gasteiger partial charge in [0.25, 0.3) is 5.91 Å². The van der Waals surface area contributed by atoms with Gasteiger partial charge in [-0.05, 0) is 17.7 Å². The summed E-state index contributed by atoms with van der Waals surface area (Å²) in [4.78, 5) is 12.7. The van der Waals surface area contributed by atoms with Gasteiger partial charge in [0.2, 0.25) is 6.79 Å². The van der Waals surface area contributed by atoms with Gasteiger partial charge in [-0.15, -0.1) is 0 Å². The maximum absolute atomic E-state index is 13.8. The Kier molecular flexibility index (Phi) is 4.49. The van der Waals surface area contributed by atoms with E-state index in [0.29, 0.717) is 17.2 Å². The number of hydrogen-bond donors (Lipinski definition) is 2. The lowest BCUT2D eigenvalue weighted by Crippen LogP contribution is -2.35. The van der Waals surface area contributed by atoms with Gasteiger partial charge in [0.15, 0.2) is 23.2 Å². The smallest absolute Gasteiger partial charge is 0.410 e. The average molecular weight is 430 g/mol. The number of hydrogen-bond acceptors (Lipinski definition) is 5. The normalized spacial score (nSPS) is 19.5. The van der Waals surface area contributed by atoms with E-state index in [-0.39, 0.29) is 24.7 Å². The van der Waals surface area contributed by atoms with Crippen molar-refractivity contribution in [2.45, 2.75) is 24.7 Å². The first-order chi connectivity index (χ1) is 14.9. The number of ether oxygens (including phenoxy) is 2. The van der Waals surface area contributed by atoms with Crippen LogP contribution in [-0.4, -0.2) is 28.7 Å². The predicted octanol–water partition coefficient (Wildman–Crippen LogP) is 4.52. The second-order valence-corrected chi connectivity index (χ2v) is 7.28. The molecule has 0 fully saturated rings. The van der Waals surface area contributed by atoms with Crippen LogP contribution >= 0.6 is 0 Å². The molecule has 0 spiro atoms. The summed E-state index contributed by atoms with van der Waals surface area (Å²) >= 11 is 0. The molecule has 7 nitrogen and oxygen atoms in total. The summed E-state index contributed by atoms with van der Waals surface area (Å²) in [7, 11) is 0. The molecule has 2 aromatic carbocycles. The molecular formula is C21H17F3N4O3. The summed E-state index contributed by atoms with van der Waals surface area (Å²) in [6.45, 7) is 0.0909. The summed E-state index contributed by atoms with van der Waals surface area (Å²) in [5, 5.41) is 9.67. The highest BCUT2D eigenvalue weighted by atomic mass is 19.4. The molecule has 160 valence electrons. The maximum Gasteiger partial charge on any atom is 0.410 e. The Morgan fingerprint density at radius 2 is 1.87 bits per heavy atom. The van der Waals surface area contributed by atoms with E-state index in [1.165, 1.54) is 6.07 Å². The minimum absolute atomic E-state index is 0.0909.